The van der Waals surface area contributed by atoms with Crippen LogP contribution in [0.5, 0.6) is 11.5 Å². The maximum atomic E-state index is 13.7. The molecule has 5 rings (SSSR count). The monoisotopic (exact) mass is 566 g/mol. The van der Waals surface area contributed by atoms with Gasteiger partial charge in [0.25, 0.3) is 0 Å². The van der Waals surface area contributed by atoms with Crippen molar-refractivity contribution in [3.63, 3.8) is 0 Å². The Morgan fingerprint density at radius 3 is 2.37 bits per heavy atom. The summed E-state index contributed by atoms with van der Waals surface area (Å²) in [5.41, 5.74) is 5.61. The Bertz CT molecular complexity index is 1630. The van der Waals surface area contributed by atoms with Gasteiger partial charge < -0.3 is 18.9 Å². The molecule has 0 saturated carbocycles. The number of likely N-dealkylation sites (N-methyl/N-ethyl adjacent to an activating group) is 1. The number of ether oxygens (including phenoxy) is 2. The minimum absolute atomic E-state index is 0.0790. The van der Waals surface area contributed by atoms with Crippen LogP contribution in [0.15, 0.2) is 103 Å². The fourth-order valence-electron chi connectivity index (χ4n) is 5.38. The molecule has 4 aromatic carbocycles. The highest BCUT2D eigenvalue weighted by atomic mass is 35.5. The van der Waals surface area contributed by atoms with E-state index in [1.807, 2.05) is 54.4 Å². The number of amides is 1. The zero-order valence-electron chi connectivity index (χ0n) is 23.7. The summed E-state index contributed by atoms with van der Waals surface area (Å²) >= 11 is 6.45. The maximum Gasteiger partial charge on any atom is 0.223 e. The molecule has 0 aliphatic heterocycles. The molecule has 1 amide bonds. The largest absolute Gasteiger partial charge is 0.493 e. The van der Waals surface area contributed by atoms with Crippen molar-refractivity contribution in [1.29, 1.82) is 0 Å². The second-order valence-corrected chi connectivity index (χ2v) is 10.7. The van der Waals surface area contributed by atoms with Crippen LogP contribution in [0, 0.1) is 0 Å². The first-order valence-corrected chi connectivity index (χ1v) is 14.2. The summed E-state index contributed by atoms with van der Waals surface area (Å²) in [6.07, 6.45) is 3.25. The number of hydrogen-bond acceptors (Lipinski definition) is 3. The van der Waals surface area contributed by atoms with E-state index in [1.54, 1.807) is 14.2 Å². The summed E-state index contributed by atoms with van der Waals surface area (Å²) in [7, 11) is 5.13. The number of carbonyl (C=O) groups is 1. The Morgan fingerprint density at radius 1 is 0.854 bits per heavy atom. The minimum Gasteiger partial charge on any atom is -0.493 e. The fraction of sp³-hybridized carbons (Fsp3) is 0.229. The number of methoxy groups -OCH3 is 2. The van der Waals surface area contributed by atoms with Crippen molar-refractivity contribution in [3.8, 4) is 11.5 Å². The standard InChI is InChI=1S/C35H35ClN2O3/c1-37(19-18-25-16-17-33(40-2)34(20-25)41-3)35(39)22-30(27-12-9-13-28(36)21-27)31-24-38(23-26-10-5-4-6-11-26)32-15-8-7-14-29(31)32/h4-17,20-21,24,30H,18-19,22-23H2,1-3H3. The third-order valence-corrected chi connectivity index (χ3v) is 7.87. The number of fused-ring (bicyclic) bond motifs is 1. The molecule has 0 spiro atoms. The van der Waals surface area contributed by atoms with E-state index in [4.69, 9.17) is 21.1 Å². The summed E-state index contributed by atoms with van der Waals surface area (Å²) in [6, 6.07) is 32.6. The Kier molecular flexibility index (Phi) is 8.95. The van der Waals surface area contributed by atoms with Gasteiger partial charge in [0.05, 0.1) is 14.2 Å². The lowest BCUT2D eigenvalue weighted by molar-refractivity contribution is -0.130. The lowest BCUT2D eigenvalue weighted by Crippen LogP contribution is -2.30. The number of halogens is 1. The molecule has 0 aliphatic carbocycles. The first-order chi connectivity index (χ1) is 20.0. The first-order valence-electron chi connectivity index (χ1n) is 13.8. The Balaban J connectivity index is 1.42. The molecule has 0 saturated heterocycles. The number of aromatic nitrogens is 1. The molecule has 6 heteroatoms. The van der Waals surface area contributed by atoms with Crippen molar-refractivity contribution < 1.29 is 14.3 Å². The van der Waals surface area contributed by atoms with E-state index in [-0.39, 0.29) is 11.8 Å². The van der Waals surface area contributed by atoms with Gasteiger partial charge in [-0.25, -0.2) is 0 Å². The Hall–Kier alpha value is -4.22. The van der Waals surface area contributed by atoms with Crippen molar-refractivity contribution >= 4 is 28.4 Å². The average molecular weight is 567 g/mol. The van der Waals surface area contributed by atoms with Crippen LogP contribution in [0.1, 0.15) is 34.6 Å². The normalized spacial score (nSPS) is 11.8. The molecule has 0 radical (unpaired) electrons. The van der Waals surface area contributed by atoms with Crippen molar-refractivity contribution in [3.05, 3.63) is 131 Å². The van der Waals surface area contributed by atoms with E-state index in [0.717, 1.165) is 34.1 Å². The van der Waals surface area contributed by atoms with Crippen molar-refractivity contribution in [2.24, 2.45) is 0 Å². The third kappa shape index (κ3) is 6.58. The van der Waals surface area contributed by atoms with E-state index < -0.39 is 0 Å². The van der Waals surface area contributed by atoms with Gasteiger partial charge in [0.2, 0.25) is 5.91 Å². The summed E-state index contributed by atoms with van der Waals surface area (Å²) < 4.78 is 13.1. The number of rotatable bonds is 11. The molecule has 1 aromatic heterocycles. The predicted octanol–water partition coefficient (Wildman–Crippen LogP) is 7.58. The molecule has 1 atom stereocenters. The highest BCUT2D eigenvalue weighted by Crippen LogP contribution is 2.36. The molecule has 41 heavy (non-hydrogen) atoms. The van der Waals surface area contributed by atoms with Gasteiger partial charge in [0.15, 0.2) is 11.5 Å². The van der Waals surface area contributed by atoms with Gasteiger partial charge in [-0.1, -0.05) is 78.3 Å². The molecule has 210 valence electrons. The molecule has 0 aliphatic rings. The first kappa shape index (κ1) is 28.3. The highest BCUT2D eigenvalue weighted by Gasteiger charge is 2.24. The van der Waals surface area contributed by atoms with Crippen LogP contribution < -0.4 is 9.47 Å². The number of nitrogens with zero attached hydrogens (tertiary/aromatic N) is 2. The molecule has 1 unspecified atom stereocenters. The summed E-state index contributed by atoms with van der Waals surface area (Å²) in [4.78, 5) is 15.5. The molecule has 5 nitrogen and oxygen atoms in total. The molecule has 5 aromatic rings. The second kappa shape index (κ2) is 13.0. The maximum absolute atomic E-state index is 13.7. The van der Waals surface area contributed by atoms with Gasteiger partial charge in [-0.2, -0.15) is 0 Å². The Labute approximate surface area is 246 Å². The molecule has 0 fully saturated rings. The van der Waals surface area contributed by atoms with Crippen LogP contribution in [0.2, 0.25) is 5.02 Å². The summed E-state index contributed by atoms with van der Waals surface area (Å²) in [6.45, 7) is 1.34. The van der Waals surface area contributed by atoms with Crippen molar-refractivity contribution in [2.45, 2.75) is 25.3 Å². The highest BCUT2D eigenvalue weighted by molar-refractivity contribution is 6.30. The molecular weight excluding hydrogens is 532 g/mol. The van der Waals surface area contributed by atoms with Crippen molar-refractivity contribution in [1.82, 2.24) is 9.47 Å². The molecule has 1 heterocycles. The van der Waals surface area contributed by atoms with E-state index in [9.17, 15) is 4.79 Å². The second-order valence-electron chi connectivity index (χ2n) is 10.3. The smallest absolute Gasteiger partial charge is 0.223 e. The van der Waals surface area contributed by atoms with Gasteiger partial charge in [0, 0.05) is 54.6 Å². The number of para-hydroxylation sites is 1. The number of benzene rings is 4. The van der Waals surface area contributed by atoms with E-state index >= 15 is 0 Å². The van der Waals surface area contributed by atoms with Crippen LogP contribution in [0.25, 0.3) is 10.9 Å². The van der Waals surface area contributed by atoms with Crippen LogP contribution in [-0.2, 0) is 17.8 Å². The van der Waals surface area contributed by atoms with Crippen molar-refractivity contribution in [2.75, 3.05) is 27.8 Å². The number of carbonyl (C=O) groups excluding carboxylic acids is 1. The zero-order chi connectivity index (χ0) is 28.8. The zero-order valence-corrected chi connectivity index (χ0v) is 24.5. The van der Waals surface area contributed by atoms with Gasteiger partial charge in [0.1, 0.15) is 0 Å². The van der Waals surface area contributed by atoms with E-state index in [1.165, 1.54) is 5.56 Å². The predicted molar refractivity (Wildman–Crippen MR) is 166 cm³/mol. The van der Waals surface area contributed by atoms with Crippen LogP contribution in [0.3, 0.4) is 0 Å². The number of hydrogen-bond donors (Lipinski definition) is 0. The molecular formula is C35H35ClN2O3. The van der Waals surface area contributed by atoms with Gasteiger partial charge in [-0.15, -0.1) is 0 Å². The Morgan fingerprint density at radius 2 is 1.61 bits per heavy atom. The SMILES string of the molecule is COc1ccc(CCN(C)C(=O)CC(c2cccc(Cl)c2)c2cn(Cc3ccccc3)c3ccccc23)cc1OC. The summed E-state index contributed by atoms with van der Waals surface area (Å²) in [5, 5.41) is 1.81. The average Bonchev–Trinajstić information content (AvgIpc) is 3.36. The van der Waals surface area contributed by atoms with Crippen LogP contribution in [-0.4, -0.2) is 43.2 Å². The van der Waals surface area contributed by atoms with E-state index in [2.05, 4.69) is 65.4 Å². The fourth-order valence-corrected chi connectivity index (χ4v) is 5.58. The summed E-state index contributed by atoms with van der Waals surface area (Å²) in [5.74, 6) is 1.31. The topological polar surface area (TPSA) is 43.7 Å². The van der Waals surface area contributed by atoms with Gasteiger partial charge >= 0.3 is 0 Å². The quantitative estimate of drug-likeness (QED) is 0.165. The van der Waals surface area contributed by atoms with Crippen LogP contribution >= 0.6 is 11.6 Å². The lowest BCUT2D eigenvalue weighted by Gasteiger charge is -2.22. The van der Waals surface area contributed by atoms with Gasteiger partial charge in [-0.05, 0) is 59.0 Å². The molecule has 0 bridgehead atoms. The van der Waals surface area contributed by atoms with E-state index in [0.29, 0.717) is 35.9 Å². The van der Waals surface area contributed by atoms with Crippen LogP contribution in [0.4, 0.5) is 0 Å². The third-order valence-electron chi connectivity index (χ3n) is 7.63. The van der Waals surface area contributed by atoms with Gasteiger partial charge in [-0.3, -0.25) is 4.79 Å². The minimum atomic E-state index is -0.147. The molecule has 0 N–H and O–H groups in total. The lowest BCUT2D eigenvalue weighted by atomic mass is 9.88.